The molecular weight excluding hydrogens is 350 g/mol. The lowest BCUT2D eigenvalue weighted by molar-refractivity contribution is 0.0947. The van der Waals surface area contributed by atoms with E-state index in [1.165, 1.54) is 18.9 Å². The highest BCUT2D eigenvalue weighted by Gasteiger charge is 2.20. The molecule has 1 N–H and O–H groups in total. The number of hydrogen-bond acceptors (Lipinski definition) is 5. The number of nitrogens with one attached hydrogen (secondary N) is 1. The average Bonchev–Trinajstić information content (AvgIpc) is 3.21. The van der Waals surface area contributed by atoms with Crippen LogP contribution in [0.5, 0.6) is 0 Å². The van der Waals surface area contributed by atoms with Crippen LogP contribution in [0, 0.1) is 0 Å². The molecular formula is C19H23N3O3S. The maximum atomic E-state index is 12.5. The van der Waals surface area contributed by atoms with E-state index in [0.717, 1.165) is 24.5 Å². The Kier molecular flexibility index (Phi) is 5.56. The second kappa shape index (κ2) is 7.86. The Morgan fingerprint density at radius 1 is 1.19 bits per heavy atom. The third-order valence-corrected chi connectivity index (χ3v) is 6.33. The number of sulfone groups is 1. The number of rotatable bonds is 6. The van der Waals surface area contributed by atoms with E-state index in [2.05, 4.69) is 15.2 Å². The minimum absolute atomic E-state index is 0.0408. The zero-order valence-electron chi connectivity index (χ0n) is 14.8. The van der Waals surface area contributed by atoms with Gasteiger partial charge in [0.05, 0.1) is 16.2 Å². The molecule has 2 aromatic rings. The normalized spacial score (nSPS) is 14.4. The molecule has 0 atom stereocenters. The van der Waals surface area contributed by atoms with Gasteiger partial charge in [0, 0.05) is 25.8 Å². The first kappa shape index (κ1) is 18.4. The molecule has 0 spiro atoms. The van der Waals surface area contributed by atoms with Gasteiger partial charge in [0.15, 0.2) is 9.84 Å². The molecule has 1 aromatic carbocycles. The Morgan fingerprint density at radius 2 is 1.92 bits per heavy atom. The molecule has 0 saturated carbocycles. The van der Waals surface area contributed by atoms with Crippen LogP contribution >= 0.6 is 0 Å². The largest absolute Gasteiger partial charge is 0.357 e. The van der Waals surface area contributed by atoms with E-state index in [1.54, 1.807) is 31.3 Å². The molecule has 138 valence electrons. The van der Waals surface area contributed by atoms with Gasteiger partial charge in [0.25, 0.3) is 5.91 Å². The number of carbonyl (C=O) groups excluding carboxylic acids is 1. The van der Waals surface area contributed by atoms with Crippen LogP contribution < -0.4 is 10.2 Å². The van der Waals surface area contributed by atoms with Crippen LogP contribution in [-0.2, 0) is 16.4 Å². The van der Waals surface area contributed by atoms with E-state index in [0.29, 0.717) is 6.54 Å². The van der Waals surface area contributed by atoms with Gasteiger partial charge in [-0.2, -0.15) is 0 Å². The highest BCUT2D eigenvalue weighted by molar-refractivity contribution is 7.91. The van der Waals surface area contributed by atoms with Crippen molar-refractivity contribution in [3.63, 3.8) is 0 Å². The van der Waals surface area contributed by atoms with Gasteiger partial charge in [-0.05, 0) is 42.7 Å². The number of carbonyl (C=O) groups is 1. The molecule has 1 saturated heterocycles. The number of benzene rings is 1. The zero-order chi connectivity index (χ0) is 18.6. The predicted molar refractivity (Wildman–Crippen MR) is 101 cm³/mol. The van der Waals surface area contributed by atoms with Crippen molar-refractivity contribution in [3.8, 4) is 0 Å². The van der Waals surface area contributed by atoms with Crippen molar-refractivity contribution in [3.05, 3.63) is 53.7 Å². The minimum atomic E-state index is -3.45. The predicted octanol–water partition coefficient (Wildman–Crippen LogP) is 2.41. The summed E-state index contributed by atoms with van der Waals surface area (Å²) in [6, 6.07) is 10.1. The molecule has 7 heteroatoms. The van der Waals surface area contributed by atoms with Crippen molar-refractivity contribution in [1.82, 2.24) is 10.3 Å². The molecule has 1 aliphatic heterocycles. The summed E-state index contributed by atoms with van der Waals surface area (Å²) in [7, 11) is -3.45. The molecule has 0 aliphatic carbocycles. The number of nitrogens with zero attached hydrogens (tertiary/aromatic N) is 2. The number of pyridine rings is 1. The van der Waals surface area contributed by atoms with Gasteiger partial charge >= 0.3 is 0 Å². The van der Waals surface area contributed by atoms with Crippen LogP contribution in [-0.4, -0.2) is 38.2 Å². The molecule has 26 heavy (non-hydrogen) atoms. The summed E-state index contributed by atoms with van der Waals surface area (Å²) in [4.78, 5) is 19.2. The smallest absolute Gasteiger partial charge is 0.252 e. The number of aromatic nitrogens is 1. The molecule has 1 aliphatic rings. The van der Waals surface area contributed by atoms with Crippen LogP contribution in [0.4, 0.5) is 5.82 Å². The van der Waals surface area contributed by atoms with Crippen LogP contribution in [0.3, 0.4) is 0 Å². The SMILES string of the molecule is CCS(=O)(=O)c1ccccc1C(=O)NCc1ccnc(N2CCCC2)c1. The summed E-state index contributed by atoms with van der Waals surface area (Å²) in [6.45, 7) is 3.90. The topological polar surface area (TPSA) is 79.4 Å². The van der Waals surface area contributed by atoms with Crippen LogP contribution in [0.25, 0.3) is 0 Å². The van der Waals surface area contributed by atoms with E-state index in [4.69, 9.17) is 0 Å². The fourth-order valence-electron chi connectivity index (χ4n) is 3.05. The van der Waals surface area contributed by atoms with E-state index >= 15 is 0 Å². The van der Waals surface area contributed by atoms with Crippen molar-refractivity contribution in [2.75, 3.05) is 23.7 Å². The first-order chi connectivity index (χ1) is 12.5. The molecule has 0 bridgehead atoms. The Labute approximate surface area is 154 Å². The van der Waals surface area contributed by atoms with Crippen LogP contribution in [0.1, 0.15) is 35.7 Å². The lowest BCUT2D eigenvalue weighted by atomic mass is 10.2. The summed E-state index contributed by atoms with van der Waals surface area (Å²) < 4.78 is 24.4. The molecule has 3 rings (SSSR count). The standard InChI is InChI=1S/C19H23N3O3S/c1-2-26(24,25)17-8-4-3-7-16(17)19(23)21-14-15-9-10-20-18(13-15)22-11-5-6-12-22/h3-4,7-10,13H,2,5-6,11-12,14H2,1H3,(H,21,23). The highest BCUT2D eigenvalue weighted by Crippen LogP contribution is 2.19. The number of hydrogen-bond donors (Lipinski definition) is 1. The maximum Gasteiger partial charge on any atom is 0.252 e. The molecule has 0 radical (unpaired) electrons. The Morgan fingerprint density at radius 3 is 2.65 bits per heavy atom. The zero-order valence-corrected chi connectivity index (χ0v) is 15.6. The van der Waals surface area contributed by atoms with Crippen LogP contribution in [0.15, 0.2) is 47.5 Å². The Hall–Kier alpha value is -2.41. The summed E-state index contributed by atoms with van der Waals surface area (Å²) in [6.07, 6.45) is 4.08. The van der Waals surface area contributed by atoms with Crippen molar-refractivity contribution >= 4 is 21.6 Å². The fourth-order valence-corrected chi connectivity index (χ4v) is 4.14. The monoisotopic (exact) mass is 373 g/mol. The molecule has 1 fully saturated rings. The summed E-state index contributed by atoms with van der Waals surface area (Å²) >= 11 is 0. The van der Waals surface area contributed by atoms with Crippen molar-refractivity contribution in [1.29, 1.82) is 0 Å². The minimum Gasteiger partial charge on any atom is -0.357 e. The van der Waals surface area contributed by atoms with E-state index in [-0.39, 0.29) is 16.2 Å². The average molecular weight is 373 g/mol. The summed E-state index contributed by atoms with van der Waals surface area (Å²) in [5, 5.41) is 2.82. The van der Waals surface area contributed by atoms with Crippen LogP contribution in [0.2, 0.25) is 0 Å². The van der Waals surface area contributed by atoms with E-state index in [9.17, 15) is 13.2 Å². The number of anilines is 1. The molecule has 2 heterocycles. The van der Waals surface area contributed by atoms with Crippen molar-refractivity contribution in [2.24, 2.45) is 0 Å². The summed E-state index contributed by atoms with van der Waals surface area (Å²) in [5.74, 6) is 0.487. The number of amides is 1. The molecule has 0 unspecified atom stereocenters. The van der Waals surface area contributed by atoms with Gasteiger partial charge in [0.2, 0.25) is 0 Å². The van der Waals surface area contributed by atoms with Crippen molar-refractivity contribution < 1.29 is 13.2 Å². The lowest BCUT2D eigenvalue weighted by Gasteiger charge is -2.17. The van der Waals surface area contributed by atoms with E-state index in [1.807, 2.05) is 12.1 Å². The highest BCUT2D eigenvalue weighted by atomic mass is 32.2. The second-order valence-electron chi connectivity index (χ2n) is 6.30. The van der Waals surface area contributed by atoms with Gasteiger partial charge in [-0.25, -0.2) is 13.4 Å². The first-order valence-electron chi connectivity index (χ1n) is 8.81. The summed E-state index contributed by atoms with van der Waals surface area (Å²) in [5.41, 5.74) is 1.12. The molecule has 1 aromatic heterocycles. The van der Waals surface area contributed by atoms with Gasteiger partial charge in [-0.3, -0.25) is 4.79 Å². The molecule has 6 nitrogen and oxygen atoms in total. The first-order valence-corrected chi connectivity index (χ1v) is 10.5. The Balaban J connectivity index is 1.73. The fraction of sp³-hybridized carbons (Fsp3) is 0.368. The maximum absolute atomic E-state index is 12.5. The van der Waals surface area contributed by atoms with Gasteiger partial charge in [-0.1, -0.05) is 19.1 Å². The third-order valence-electron chi connectivity index (χ3n) is 4.54. The second-order valence-corrected chi connectivity index (χ2v) is 8.55. The van der Waals surface area contributed by atoms with Gasteiger partial charge in [-0.15, -0.1) is 0 Å². The lowest BCUT2D eigenvalue weighted by Crippen LogP contribution is -2.25. The third kappa shape index (κ3) is 4.04. The Bertz CT molecular complexity index is 890. The quantitative estimate of drug-likeness (QED) is 0.841. The van der Waals surface area contributed by atoms with E-state index < -0.39 is 15.7 Å². The van der Waals surface area contributed by atoms with Gasteiger partial charge in [0.1, 0.15) is 5.82 Å². The van der Waals surface area contributed by atoms with Gasteiger partial charge < -0.3 is 10.2 Å². The molecule has 1 amide bonds. The van der Waals surface area contributed by atoms with Crippen molar-refractivity contribution in [2.45, 2.75) is 31.2 Å².